The number of benzene rings is 3. The third-order valence-electron chi connectivity index (χ3n) is 4.48. The summed E-state index contributed by atoms with van der Waals surface area (Å²) in [5.41, 5.74) is 3.11. The number of aryl methyl sites for hydroxylation is 1. The molecule has 0 unspecified atom stereocenters. The molecule has 0 saturated heterocycles. The molecule has 1 heterocycles. The van der Waals surface area contributed by atoms with E-state index in [4.69, 9.17) is 0 Å². The van der Waals surface area contributed by atoms with Gasteiger partial charge in [0.15, 0.2) is 12.1 Å². The molecule has 0 amide bonds. The Kier molecular flexibility index (Phi) is 6.86. The molecule has 0 saturated carbocycles. The fourth-order valence-electron chi connectivity index (χ4n) is 3.01. The first-order valence-corrected chi connectivity index (χ1v) is 9.94. The Balaban J connectivity index is 0.000000210. The molecule has 4 rings (SSSR count). The van der Waals surface area contributed by atoms with Gasteiger partial charge in [-0.1, -0.05) is 34.1 Å². The molecule has 0 fully saturated rings. The second-order valence-electron chi connectivity index (χ2n) is 6.40. The first kappa shape index (κ1) is 22.2. The summed E-state index contributed by atoms with van der Waals surface area (Å²) in [7, 11) is 0. The van der Waals surface area contributed by atoms with Gasteiger partial charge in [-0.15, -0.1) is 0 Å². The topological polar surface area (TPSA) is 78.0 Å². The van der Waals surface area contributed by atoms with Crippen LogP contribution in [0.3, 0.4) is 0 Å². The van der Waals surface area contributed by atoms with E-state index in [0.717, 1.165) is 40.6 Å². The van der Waals surface area contributed by atoms with Crippen molar-refractivity contribution < 1.29 is 18.5 Å². The van der Waals surface area contributed by atoms with Crippen LogP contribution in [0.1, 0.15) is 17.5 Å². The number of rotatable bonds is 4. The molecular formula is C22H16BrF2N3O3. The predicted octanol–water partition coefficient (Wildman–Crippen LogP) is 6.17. The molecular weight excluding hydrogens is 472 g/mol. The number of carbonyl (C=O) groups is 1. The van der Waals surface area contributed by atoms with Gasteiger partial charge in [0, 0.05) is 17.1 Å². The van der Waals surface area contributed by atoms with Gasteiger partial charge in [0.05, 0.1) is 16.0 Å². The molecule has 0 N–H and O–H groups in total. The van der Waals surface area contributed by atoms with Gasteiger partial charge >= 0.3 is 5.69 Å². The second-order valence-corrected chi connectivity index (χ2v) is 7.31. The molecule has 0 spiro atoms. The van der Waals surface area contributed by atoms with Crippen molar-refractivity contribution in [1.82, 2.24) is 9.55 Å². The SMILES string of the molecule is CCn1c(C=O)nc2ccc(-c3ccc(F)cc3)cc21.O=[N+]([O-])c1ccc(Br)cc1F. The number of hydrogen-bond donors (Lipinski definition) is 0. The lowest BCUT2D eigenvalue weighted by molar-refractivity contribution is -0.387. The molecule has 31 heavy (non-hydrogen) atoms. The van der Waals surface area contributed by atoms with Crippen molar-refractivity contribution in [2.24, 2.45) is 0 Å². The average Bonchev–Trinajstić information content (AvgIpc) is 3.11. The zero-order valence-corrected chi connectivity index (χ0v) is 17.8. The highest BCUT2D eigenvalue weighted by atomic mass is 79.9. The number of nitro groups is 1. The maximum Gasteiger partial charge on any atom is 0.304 e. The van der Waals surface area contributed by atoms with E-state index in [-0.39, 0.29) is 5.82 Å². The van der Waals surface area contributed by atoms with Crippen LogP contribution >= 0.6 is 15.9 Å². The summed E-state index contributed by atoms with van der Waals surface area (Å²) in [6, 6.07) is 15.7. The molecule has 0 aliphatic rings. The number of aldehydes is 1. The van der Waals surface area contributed by atoms with Crippen LogP contribution in [-0.2, 0) is 6.54 Å². The van der Waals surface area contributed by atoms with Gasteiger partial charge < -0.3 is 4.57 Å². The maximum absolute atomic E-state index is 13.0. The third kappa shape index (κ3) is 5.00. The smallest absolute Gasteiger partial charge is 0.304 e. The minimum atomic E-state index is -0.829. The standard InChI is InChI=1S/C16H13FN2O.C6H3BrFNO2/c1-2-19-15-9-12(11-3-6-13(17)7-4-11)5-8-14(15)18-16(19)10-20;7-4-1-2-6(9(10)11)5(8)3-4/h3-10H,2H2,1H3;1-3H. The summed E-state index contributed by atoms with van der Waals surface area (Å²) in [6.45, 7) is 2.65. The number of hydrogen-bond acceptors (Lipinski definition) is 4. The van der Waals surface area contributed by atoms with Gasteiger partial charge in [-0.25, -0.2) is 9.37 Å². The molecule has 9 heteroatoms. The lowest BCUT2D eigenvalue weighted by Crippen LogP contribution is -1.99. The number of nitrogens with zero attached hydrogens (tertiary/aromatic N) is 3. The number of halogens is 3. The Hall–Kier alpha value is -3.46. The van der Waals surface area contributed by atoms with Crippen LogP contribution in [0.15, 0.2) is 65.1 Å². The lowest BCUT2D eigenvalue weighted by Gasteiger charge is -2.04. The Bertz CT molecular complexity index is 1260. The van der Waals surface area contributed by atoms with E-state index in [1.165, 1.54) is 18.2 Å². The van der Waals surface area contributed by atoms with Crippen LogP contribution in [-0.4, -0.2) is 20.8 Å². The van der Waals surface area contributed by atoms with Gasteiger partial charge in [0.1, 0.15) is 5.82 Å². The normalized spacial score (nSPS) is 10.5. The number of fused-ring (bicyclic) bond motifs is 1. The minimum Gasteiger partial charge on any atom is -0.322 e. The number of nitro benzene ring substituents is 1. The Morgan fingerprint density at radius 2 is 1.74 bits per heavy atom. The zero-order valence-electron chi connectivity index (χ0n) is 16.3. The minimum absolute atomic E-state index is 0.253. The van der Waals surface area contributed by atoms with Crippen molar-refractivity contribution in [3.8, 4) is 11.1 Å². The molecule has 0 aliphatic carbocycles. The molecule has 0 radical (unpaired) electrons. The first-order chi connectivity index (χ1) is 14.8. The van der Waals surface area contributed by atoms with Crippen molar-refractivity contribution in [3.05, 3.63) is 92.7 Å². The summed E-state index contributed by atoms with van der Waals surface area (Å²) in [5, 5.41) is 10.1. The average molecular weight is 488 g/mol. The van der Waals surface area contributed by atoms with Crippen molar-refractivity contribution in [2.45, 2.75) is 13.5 Å². The second kappa shape index (κ2) is 9.57. The molecule has 6 nitrogen and oxygen atoms in total. The molecule has 158 valence electrons. The summed E-state index contributed by atoms with van der Waals surface area (Å²) < 4.78 is 28.0. The van der Waals surface area contributed by atoms with Gasteiger partial charge in [-0.05, 0) is 54.4 Å². The van der Waals surface area contributed by atoms with Crippen LogP contribution < -0.4 is 0 Å². The monoisotopic (exact) mass is 487 g/mol. The Morgan fingerprint density at radius 3 is 2.32 bits per heavy atom. The lowest BCUT2D eigenvalue weighted by atomic mass is 10.1. The third-order valence-corrected chi connectivity index (χ3v) is 4.98. The van der Waals surface area contributed by atoms with Crippen LogP contribution in [0.5, 0.6) is 0 Å². The zero-order chi connectivity index (χ0) is 22.5. The van der Waals surface area contributed by atoms with E-state index < -0.39 is 16.4 Å². The Morgan fingerprint density at radius 1 is 1.06 bits per heavy atom. The van der Waals surface area contributed by atoms with Crippen LogP contribution in [0.25, 0.3) is 22.2 Å². The fourth-order valence-corrected chi connectivity index (χ4v) is 3.35. The van der Waals surface area contributed by atoms with Crippen molar-refractivity contribution in [1.29, 1.82) is 0 Å². The van der Waals surface area contributed by atoms with Gasteiger partial charge in [0.25, 0.3) is 0 Å². The van der Waals surface area contributed by atoms with E-state index in [9.17, 15) is 23.7 Å². The van der Waals surface area contributed by atoms with Crippen LogP contribution in [0.4, 0.5) is 14.5 Å². The van der Waals surface area contributed by atoms with E-state index in [1.807, 2.05) is 29.7 Å². The van der Waals surface area contributed by atoms with Gasteiger partial charge in [0.2, 0.25) is 5.82 Å². The Labute approximate surface area is 184 Å². The van der Waals surface area contributed by atoms with E-state index in [1.54, 1.807) is 12.1 Å². The highest BCUT2D eigenvalue weighted by Crippen LogP contribution is 2.25. The first-order valence-electron chi connectivity index (χ1n) is 9.15. The molecule has 4 aromatic rings. The van der Waals surface area contributed by atoms with Crippen molar-refractivity contribution in [3.63, 3.8) is 0 Å². The van der Waals surface area contributed by atoms with E-state index >= 15 is 0 Å². The predicted molar refractivity (Wildman–Crippen MR) is 117 cm³/mol. The van der Waals surface area contributed by atoms with Crippen molar-refractivity contribution >= 4 is 38.9 Å². The van der Waals surface area contributed by atoms with Crippen LogP contribution in [0.2, 0.25) is 0 Å². The molecule has 1 aromatic heterocycles. The quantitative estimate of drug-likeness (QED) is 0.196. The molecule has 0 bridgehead atoms. The molecule has 0 atom stereocenters. The molecule has 3 aromatic carbocycles. The number of imidazole rings is 1. The highest BCUT2D eigenvalue weighted by Gasteiger charge is 2.12. The van der Waals surface area contributed by atoms with Crippen molar-refractivity contribution in [2.75, 3.05) is 0 Å². The summed E-state index contributed by atoms with van der Waals surface area (Å²) in [6.07, 6.45) is 0.765. The number of aromatic nitrogens is 2. The largest absolute Gasteiger partial charge is 0.322 e. The summed E-state index contributed by atoms with van der Waals surface area (Å²) >= 11 is 2.98. The van der Waals surface area contributed by atoms with Gasteiger partial charge in [-0.2, -0.15) is 4.39 Å². The fraction of sp³-hybridized carbons (Fsp3) is 0.0909. The number of carbonyl (C=O) groups excluding carboxylic acids is 1. The van der Waals surface area contributed by atoms with Gasteiger partial charge in [-0.3, -0.25) is 14.9 Å². The van der Waals surface area contributed by atoms with Crippen LogP contribution in [0, 0.1) is 21.7 Å². The summed E-state index contributed by atoms with van der Waals surface area (Å²) in [5.74, 6) is -0.653. The summed E-state index contributed by atoms with van der Waals surface area (Å²) in [4.78, 5) is 24.6. The molecule has 0 aliphatic heterocycles. The highest BCUT2D eigenvalue weighted by molar-refractivity contribution is 9.10. The van der Waals surface area contributed by atoms with E-state index in [0.29, 0.717) is 16.8 Å². The maximum atomic E-state index is 13.0. The van der Waals surface area contributed by atoms with E-state index in [2.05, 4.69) is 20.9 Å².